The fourth-order valence-electron chi connectivity index (χ4n) is 3.43. The summed E-state index contributed by atoms with van der Waals surface area (Å²) in [6.07, 6.45) is 3.23. The molecule has 1 fully saturated rings. The van der Waals surface area contributed by atoms with E-state index in [-0.39, 0.29) is 36.5 Å². The van der Waals surface area contributed by atoms with Gasteiger partial charge < -0.3 is 24.4 Å². The molecule has 29 heavy (non-hydrogen) atoms. The lowest BCUT2D eigenvalue weighted by molar-refractivity contribution is -0.144. The van der Waals surface area contributed by atoms with Gasteiger partial charge in [-0.05, 0) is 25.2 Å². The van der Waals surface area contributed by atoms with Crippen LogP contribution in [0.25, 0.3) is 0 Å². The summed E-state index contributed by atoms with van der Waals surface area (Å²) in [6.45, 7) is 1.33. The zero-order valence-electron chi connectivity index (χ0n) is 17.4. The highest BCUT2D eigenvalue weighted by atomic mass is 16.5. The highest BCUT2D eigenvalue weighted by Gasteiger charge is 2.24. The zero-order valence-corrected chi connectivity index (χ0v) is 17.4. The lowest BCUT2D eigenvalue weighted by Gasteiger charge is -2.32. The molecular formula is C21H30N2O6. The molecule has 1 saturated heterocycles. The monoisotopic (exact) mass is 406 g/mol. The van der Waals surface area contributed by atoms with Gasteiger partial charge in [-0.15, -0.1) is 0 Å². The quantitative estimate of drug-likeness (QED) is 0.634. The zero-order chi connectivity index (χ0) is 21.2. The van der Waals surface area contributed by atoms with Gasteiger partial charge in [-0.2, -0.15) is 0 Å². The van der Waals surface area contributed by atoms with Gasteiger partial charge in [0.25, 0.3) is 0 Å². The van der Waals surface area contributed by atoms with Crippen LogP contribution in [0.1, 0.15) is 38.5 Å². The van der Waals surface area contributed by atoms with Crippen molar-refractivity contribution < 1.29 is 28.6 Å². The molecule has 1 aromatic rings. The van der Waals surface area contributed by atoms with E-state index in [1.165, 1.54) is 7.11 Å². The first-order chi connectivity index (χ1) is 13.9. The third-order valence-electron chi connectivity index (χ3n) is 5.06. The Hall–Kier alpha value is -2.77. The molecule has 2 amide bonds. The van der Waals surface area contributed by atoms with Crippen molar-refractivity contribution in [1.82, 2.24) is 4.90 Å². The average Bonchev–Trinajstić information content (AvgIpc) is 2.75. The summed E-state index contributed by atoms with van der Waals surface area (Å²) in [5.41, 5.74) is 0.620. The molecule has 0 unspecified atom stereocenters. The highest BCUT2D eigenvalue weighted by Crippen LogP contribution is 2.26. The van der Waals surface area contributed by atoms with E-state index >= 15 is 0 Å². The molecule has 1 N–H and O–H groups in total. The molecule has 0 aliphatic carbocycles. The Morgan fingerprint density at radius 2 is 1.72 bits per heavy atom. The fraction of sp³-hybridized carbons (Fsp3) is 0.571. The number of piperidine rings is 1. The number of hydrogen-bond donors (Lipinski definition) is 1. The minimum absolute atomic E-state index is 0.0342. The molecule has 1 aliphatic rings. The minimum Gasteiger partial charge on any atom is -0.497 e. The fourth-order valence-corrected chi connectivity index (χ4v) is 3.43. The number of carbonyl (C=O) groups excluding carboxylic acids is 3. The van der Waals surface area contributed by atoms with Crippen LogP contribution < -0.4 is 14.8 Å². The van der Waals surface area contributed by atoms with Crippen LogP contribution in [0.4, 0.5) is 5.69 Å². The molecule has 8 nitrogen and oxygen atoms in total. The number of likely N-dealkylation sites (tertiary alicyclic amines) is 1. The summed E-state index contributed by atoms with van der Waals surface area (Å²) in [7, 11) is 4.43. The van der Waals surface area contributed by atoms with Crippen molar-refractivity contribution in [3.8, 4) is 11.5 Å². The second-order valence-corrected chi connectivity index (χ2v) is 7.11. The number of ether oxygens (including phenoxy) is 3. The maximum atomic E-state index is 12.4. The minimum atomic E-state index is -0.377. The predicted octanol–water partition coefficient (Wildman–Crippen LogP) is 2.61. The second-order valence-electron chi connectivity index (χ2n) is 7.11. The van der Waals surface area contributed by atoms with Crippen LogP contribution in [0.5, 0.6) is 11.5 Å². The number of anilines is 1. The second kappa shape index (κ2) is 11.3. The SMILES string of the molecule is COC(=O)CCC(=O)N1CCC[C@H](CCC(=O)Nc2cc(OC)cc(OC)c2)C1. The third kappa shape index (κ3) is 7.29. The van der Waals surface area contributed by atoms with Crippen LogP contribution in [0.2, 0.25) is 0 Å². The van der Waals surface area contributed by atoms with Gasteiger partial charge in [0.1, 0.15) is 11.5 Å². The number of hydrogen-bond acceptors (Lipinski definition) is 6. The molecule has 1 atom stereocenters. The van der Waals surface area contributed by atoms with E-state index in [4.69, 9.17) is 9.47 Å². The molecule has 1 heterocycles. The van der Waals surface area contributed by atoms with Crippen LogP contribution in [0.3, 0.4) is 0 Å². The van der Waals surface area contributed by atoms with Crippen LogP contribution in [-0.4, -0.2) is 57.1 Å². The van der Waals surface area contributed by atoms with E-state index in [9.17, 15) is 14.4 Å². The number of carbonyl (C=O) groups is 3. The van der Waals surface area contributed by atoms with Gasteiger partial charge in [0.15, 0.2) is 0 Å². The standard InChI is InChI=1S/C21H30N2O6/c1-27-17-11-16(12-18(13-17)28-2)22-19(24)7-6-15-5-4-10-23(14-15)20(25)8-9-21(26)29-3/h11-13,15H,4-10,14H2,1-3H3,(H,22,24)/t15-/m1/s1. The van der Waals surface area contributed by atoms with Crippen molar-refractivity contribution in [3.05, 3.63) is 18.2 Å². The van der Waals surface area contributed by atoms with Gasteiger partial charge >= 0.3 is 5.97 Å². The number of nitrogens with zero attached hydrogens (tertiary/aromatic N) is 1. The predicted molar refractivity (Wildman–Crippen MR) is 108 cm³/mol. The number of rotatable bonds is 9. The molecular weight excluding hydrogens is 376 g/mol. The van der Waals surface area contributed by atoms with Crippen molar-refractivity contribution in [2.24, 2.45) is 5.92 Å². The molecule has 2 rings (SSSR count). The smallest absolute Gasteiger partial charge is 0.306 e. The maximum Gasteiger partial charge on any atom is 0.306 e. The first kappa shape index (κ1) is 22.5. The highest BCUT2D eigenvalue weighted by molar-refractivity contribution is 5.91. The van der Waals surface area contributed by atoms with Gasteiger partial charge in [0, 0.05) is 49.8 Å². The van der Waals surface area contributed by atoms with E-state index in [0.29, 0.717) is 43.1 Å². The average molecular weight is 406 g/mol. The van der Waals surface area contributed by atoms with Gasteiger partial charge in [-0.25, -0.2) is 0 Å². The third-order valence-corrected chi connectivity index (χ3v) is 5.06. The molecule has 1 aliphatic heterocycles. The number of nitrogens with one attached hydrogen (secondary N) is 1. The number of esters is 1. The first-order valence-corrected chi connectivity index (χ1v) is 9.82. The molecule has 0 radical (unpaired) electrons. The molecule has 1 aromatic carbocycles. The normalized spacial score (nSPS) is 16.1. The van der Waals surface area contributed by atoms with E-state index in [1.54, 1.807) is 37.3 Å². The summed E-state index contributed by atoms with van der Waals surface area (Å²) in [6, 6.07) is 5.22. The number of benzene rings is 1. The van der Waals surface area contributed by atoms with Gasteiger partial charge in [0.05, 0.1) is 27.8 Å². The Kier molecular flexibility index (Phi) is 8.76. The van der Waals surface area contributed by atoms with Crippen molar-refractivity contribution in [2.45, 2.75) is 38.5 Å². The summed E-state index contributed by atoms with van der Waals surface area (Å²) in [5.74, 6) is 0.984. The summed E-state index contributed by atoms with van der Waals surface area (Å²) >= 11 is 0. The Balaban J connectivity index is 1.81. The number of amides is 2. The van der Waals surface area contributed by atoms with Crippen LogP contribution >= 0.6 is 0 Å². The van der Waals surface area contributed by atoms with E-state index < -0.39 is 0 Å². The van der Waals surface area contributed by atoms with Crippen molar-refractivity contribution >= 4 is 23.5 Å². The lowest BCUT2D eigenvalue weighted by Crippen LogP contribution is -2.40. The maximum absolute atomic E-state index is 12.4. The van der Waals surface area contributed by atoms with Crippen molar-refractivity contribution in [1.29, 1.82) is 0 Å². The van der Waals surface area contributed by atoms with Crippen molar-refractivity contribution in [3.63, 3.8) is 0 Å². The summed E-state index contributed by atoms with van der Waals surface area (Å²) in [5, 5.41) is 2.87. The first-order valence-electron chi connectivity index (χ1n) is 9.82. The molecule has 0 spiro atoms. The van der Waals surface area contributed by atoms with Crippen LogP contribution in [-0.2, 0) is 19.1 Å². The Bertz CT molecular complexity index is 699. The lowest BCUT2D eigenvalue weighted by atomic mass is 9.93. The summed E-state index contributed by atoms with van der Waals surface area (Å²) < 4.78 is 15.0. The van der Waals surface area contributed by atoms with Crippen molar-refractivity contribution in [2.75, 3.05) is 39.7 Å². The molecule has 8 heteroatoms. The Morgan fingerprint density at radius 3 is 2.34 bits per heavy atom. The topological polar surface area (TPSA) is 94.2 Å². The van der Waals surface area contributed by atoms with Gasteiger partial charge in [-0.3, -0.25) is 14.4 Å². The Morgan fingerprint density at radius 1 is 1.03 bits per heavy atom. The Labute approximate surface area is 171 Å². The molecule has 0 saturated carbocycles. The number of methoxy groups -OCH3 is 3. The molecule has 0 bridgehead atoms. The summed E-state index contributed by atoms with van der Waals surface area (Å²) in [4.78, 5) is 37.6. The van der Waals surface area contributed by atoms with E-state index in [1.807, 2.05) is 0 Å². The van der Waals surface area contributed by atoms with Gasteiger partial charge in [-0.1, -0.05) is 0 Å². The molecule has 160 valence electrons. The van der Waals surface area contributed by atoms with E-state index in [2.05, 4.69) is 10.1 Å². The largest absolute Gasteiger partial charge is 0.497 e. The van der Waals surface area contributed by atoms with E-state index in [0.717, 1.165) is 12.8 Å². The van der Waals surface area contributed by atoms with Crippen LogP contribution in [0, 0.1) is 5.92 Å². The van der Waals surface area contributed by atoms with Gasteiger partial charge in [0.2, 0.25) is 11.8 Å². The van der Waals surface area contributed by atoms with Crippen LogP contribution in [0.15, 0.2) is 18.2 Å². The molecule has 0 aromatic heterocycles.